The maximum atomic E-state index is 5.24. The molecule has 0 aliphatic rings. The van der Waals surface area contributed by atoms with E-state index in [0.717, 1.165) is 11.3 Å². The van der Waals surface area contributed by atoms with Crippen LogP contribution in [0.15, 0.2) is 42.2 Å². The molecule has 0 amide bonds. The predicted octanol–water partition coefficient (Wildman–Crippen LogP) is 3.61. The number of allylic oxidation sites excluding steroid dienone is 2. The fourth-order valence-corrected chi connectivity index (χ4v) is 1.19. The van der Waals surface area contributed by atoms with Crippen LogP contribution in [0.5, 0.6) is 0 Å². The third-order valence-corrected chi connectivity index (χ3v) is 1.89. The molecule has 1 nitrogen and oxygen atoms in total. The van der Waals surface area contributed by atoms with Crippen molar-refractivity contribution < 1.29 is 4.74 Å². The minimum atomic E-state index is 0.0801. The van der Waals surface area contributed by atoms with Crippen molar-refractivity contribution >= 4 is 0 Å². The summed E-state index contributed by atoms with van der Waals surface area (Å²) in [6, 6.07) is 9.90. The van der Waals surface area contributed by atoms with Gasteiger partial charge in [0.05, 0.1) is 7.11 Å². The molecule has 0 aliphatic heterocycles. The molecule has 1 aromatic rings. The van der Waals surface area contributed by atoms with E-state index in [1.165, 1.54) is 0 Å². The molecule has 0 fully saturated rings. The van der Waals surface area contributed by atoms with Gasteiger partial charge in [-0.25, -0.2) is 0 Å². The van der Waals surface area contributed by atoms with Gasteiger partial charge in [0.25, 0.3) is 0 Å². The van der Waals surface area contributed by atoms with Gasteiger partial charge in [0.1, 0.15) is 0 Å². The van der Waals surface area contributed by atoms with Gasteiger partial charge in [-0.3, -0.25) is 0 Å². The molecule has 0 heterocycles. The first-order valence-corrected chi connectivity index (χ1v) is 5.35. The van der Waals surface area contributed by atoms with Crippen LogP contribution in [-0.4, -0.2) is 7.11 Å². The third kappa shape index (κ3) is 4.70. The highest BCUT2D eigenvalue weighted by Gasteiger charge is 2.07. The third-order valence-electron chi connectivity index (χ3n) is 1.89. The van der Waals surface area contributed by atoms with E-state index >= 15 is 0 Å². The van der Waals surface area contributed by atoms with Gasteiger partial charge in [-0.2, -0.15) is 0 Å². The van der Waals surface area contributed by atoms with E-state index in [4.69, 9.17) is 4.74 Å². The Labute approximate surface area is 98.1 Å². The quantitative estimate of drug-likeness (QED) is 0.512. The van der Waals surface area contributed by atoms with E-state index in [0.29, 0.717) is 0 Å². The zero-order valence-corrected chi connectivity index (χ0v) is 10.4. The van der Waals surface area contributed by atoms with Crippen molar-refractivity contribution in [2.24, 2.45) is 5.41 Å². The second-order valence-corrected chi connectivity index (χ2v) is 4.69. The van der Waals surface area contributed by atoms with Crippen LogP contribution in [0.25, 0.3) is 0 Å². The minimum absolute atomic E-state index is 0.0801. The first-order valence-electron chi connectivity index (χ1n) is 5.35. The van der Waals surface area contributed by atoms with Crippen molar-refractivity contribution in [3.63, 3.8) is 0 Å². The average molecular weight is 214 g/mol. The summed E-state index contributed by atoms with van der Waals surface area (Å²) in [5, 5.41) is 0. The van der Waals surface area contributed by atoms with Gasteiger partial charge in [-0.1, -0.05) is 44.9 Å². The zero-order valence-electron chi connectivity index (χ0n) is 10.4. The zero-order chi connectivity index (χ0) is 12.0. The summed E-state index contributed by atoms with van der Waals surface area (Å²) in [6.07, 6.45) is 2.03. The van der Waals surface area contributed by atoms with Crippen molar-refractivity contribution in [2.45, 2.75) is 20.8 Å². The molecule has 0 saturated carbocycles. The van der Waals surface area contributed by atoms with Gasteiger partial charge < -0.3 is 4.74 Å². The summed E-state index contributed by atoms with van der Waals surface area (Å²) in [4.78, 5) is 0. The van der Waals surface area contributed by atoms with Gasteiger partial charge in [0.15, 0.2) is 5.76 Å². The number of hydrogen-bond donors (Lipinski definition) is 0. The van der Waals surface area contributed by atoms with E-state index in [9.17, 15) is 0 Å². The lowest BCUT2D eigenvalue weighted by Crippen LogP contribution is -2.01. The molecule has 1 rings (SSSR count). The Morgan fingerprint density at radius 1 is 1.19 bits per heavy atom. The highest BCUT2D eigenvalue weighted by atomic mass is 16.5. The Bertz CT molecular complexity index is 410. The van der Waals surface area contributed by atoms with Crippen LogP contribution < -0.4 is 0 Å². The van der Waals surface area contributed by atoms with Gasteiger partial charge in [-0.05, 0) is 29.5 Å². The molecule has 0 radical (unpaired) electrons. The molecule has 0 spiro atoms. The lowest BCUT2D eigenvalue weighted by Gasteiger charge is -2.12. The SMILES string of the molecule is CO/C(C#Cc1ccccc1)=C\C(C)(C)C. The number of rotatable bonds is 1. The van der Waals surface area contributed by atoms with Gasteiger partial charge in [0.2, 0.25) is 0 Å². The van der Waals surface area contributed by atoms with Gasteiger partial charge in [-0.15, -0.1) is 0 Å². The molecule has 0 saturated heterocycles. The molecule has 84 valence electrons. The standard InChI is InChI=1S/C15H18O/c1-15(2,3)12-14(16-4)11-10-13-8-6-5-7-9-13/h5-9,12H,1-4H3/b14-12-. The normalized spacial score (nSPS) is 11.6. The molecule has 0 bridgehead atoms. The molecule has 0 aliphatic carbocycles. The lowest BCUT2D eigenvalue weighted by molar-refractivity contribution is 0.302. The Morgan fingerprint density at radius 2 is 1.81 bits per heavy atom. The summed E-state index contributed by atoms with van der Waals surface area (Å²) in [7, 11) is 1.65. The first kappa shape index (κ1) is 12.4. The first-order chi connectivity index (χ1) is 7.51. The molecule has 0 unspecified atom stereocenters. The van der Waals surface area contributed by atoms with E-state index in [-0.39, 0.29) is 5.41 Å². The largest absolute Gasteiger partial charge is 0.489 e. The number of methoxy groups -OCH3 is 1. The molecule has 1 aromatic carbocycles. The van der Waals surface area contributed by atoms with Crippen molar-refractivity contribution in [2.75, 3.05) is 7.11 Å². The lowest BCUT2D eigenvalue weighted by atomic mass is 9.96. The van der Waals surface area contributed by atoms with Crippen LogP contribution in [0.2, 0.25) is 0 Å². The molecule has 16 heavy (non-hydrogen) atoms. The van der Waals surface area contributed by atoms with Crippen LogP contribution in [0.1, 0.15) is 26.3 Å². The minimum Gasteiger partial charge on any atom is -0.489 e. The van der Waals surface area contributed by atoms with Crippen LogP contribution in [0.4, 0.5) is 0 Å². The molecule has 0 aromatic heterocycles. The van der Waals surface area contributed by atoms with Crippen molar-refractivity contribution in [3.8, 4) is 11.8 Å². The molecule has 0 N–H and O–H groups in total. The predicted molar refractivity (Wildman–Crippen MR) is 67.9 cm³/mol. The Balaban J connectivity index is 2.87. The number of hydrogen-bond acceptors (Lipinski definition) is 1. The highest BCUT2D eigenvalue weighted by Crippen LogP contribution is 2.17. The second-order valence-electron chi connectivity index (χ2n) is 4.69. The van der Waals surface area contributed by atoms with Gasteiger partial charge >= 0.3 is 0 Å². The van der Waals surface area contributed by atoms with Crippen molar-refractivity contribution in [1.82, 2.24) is 0 Å². The fraction of sp³-hybridized carbons (Fsp3) is 0.333. The smallest absolute Gasteiger partial charge is 0.166 e. The van der Waals surface area contributed by atoms with Crippen molar-refractivity contribution in [1.29, 1.82) is 0 Å². The topological polar surface area (TPSA) is 9.23 Å². The molecular weight excluding hydrogens is 196 g/mol. The highest BCUT2D eigenvalue weighted by molar-refractivity contribution is 5.38. The second kappa shape index (κ2) is 5.42. The average Bonchev–Trinajstić information content (AvgIpc) is 2.24. The Kier molecular flexibility index (Phi) is 4.19. The van der Waals surface area contributed by atoms with Crippen LogP contribution >= 0.6 is 0 Å². The summed E-state index contributed by atoms with van der Waals surface area (Å²) >= 11 is 0. The van der Waals surface area contributed by atoms with E-state index in [2.05, 4.69) is 32.6 Å². The summed E-state index contributed by atoms with van der Waals surface area (Å²) < 4.78 is 5.24. The summed E-state index contributed by atoms with van der Waals surface area (Å²) in [5.74, 6) is 6.82. The Hall–Kier alpha value is -1.68. The van der Waals surface area contributed by atoms with Crippen LogP contribution in [-0.2, 0) is 4.74 Å². The van der Waals surface area contributed by atoms with E-state index in [1.54, 1.807) is 7.11 Å². The molecular formula is C15H18O. The summed E-state index contributed by atoms with van der Waals surface area (Å²) in [5.41, 5.74) is 1.08. The monoisotopic (exact) mass is 214 g/mol. The molecule has 1 heteroatoms. The summed E-state index contributed by atoms with van der Waals surface area (Å²) in [6.45, 7) is 6.36. The maximum Gasteiger partial charge on any atom is 0.166 e. The number of ether oxygens (including phenoxy) is 1. The van der Waals surface area contributed by atoms with Gasteiger partial charge in [0, 0.05) is 5.56 Å². The molecule has 0 atom stereocenters. The fourth-order valence-electron chi connectivity index (χ4n) is 1.19. The maximum absolute atomic E-state index is 5.24. The van der Waals surface area contributed by atoms with Crippen LogP contribution in [0.3, 0.4) is 0 Å². The number of benzene rings is 1. The van der Waals surface area contributed by atoms with E-state index in [1.807, 2.05) is 36.4 Å². The van der Waals surface area contributed by atoms with Crippen LogP contribution in [0, 0.1) is 17.3 Å². The Morgan fingerprint density at radius 3 is 2.31 bits per heavy atom. The van der Waals surface area contributed by atoms with E-state index < -0.39 is 0 Å². The van der Waals surface area contributed by atoms with Crippen molar-refractivity contribution in [3.05, 3.63) is 47.7 Å².